The molecule has 11 heteroatoms. The Labute approximate surface area is 242 Å². The van der Waals surface area contributed by atoms with Crippen molar-refractivity contribution in [1.29, 1.82) is 0 Å². The maximum atomic E-state index is 14.0. The minimum absolute atomic E-state index is 0.0350. The first-order valence-corrected chi connectivity index (χ1v) is 14.5. The van der Waals surface area contributed by atoms with E-state index in [-0.39, 0.29) is 30.3 Å². The van der Waals surface area contributed by atoms with Crippen LogP contribution in [0.25, 0.3) is 0 Å². The molecule has 0 radical (unpaired) electrons. The molecule has 0 spiro atoms. The largest absolute Gasteiger partial charge is 0.497 e. The highest BCUT2D eigenvalue weighted by molar-refractivity contribution is 6.30. The van der Waals surface area contributed by atoms with Crippen LogP contribution in [0.15, 0.2) is 48.5 Å². The summed E-state index contributed by atoms with van der Waals surface area (Å²) in [6.45, 7) is 1.11. The molecule has 3 aliphatic rings. The van der Waals surface area contributed by atoms with E-state index in [4.69, 9.17) is 16.4 Å². The summed E-state index contributed by atoms with van der Waals surface area (Å²) in [4.78, 5) is 48.6. The molecule has 2 aliphatic heterocycles. The van der Waals surface area contributed by atoms with Crippen molar-refractivity contribution in [2.75, 3.05) is 26.2 Å². The summed E-state index contributed by atoms with van der Waals surface area (Å²) >= 11 is 5.96. The topological polar surface area (TPSA) is 66.9 Å². The van der Waals surface area contributed by atoms with Crippen molar-refractivity contribution < 1.29 is 32.4 Å². The Kier molecular flexibility index (Phi) is 8.73. The minimum Gasteiger partial charge on any atom is -0.320 e. The highest BCUT2D eigenvalue weighted by atomic mass is 35.5. The fourth-order valence-electron chi connectivity index (χ4n) is 6.41. The highest BCUT2D eigenvalue weighted by Gasteiger charge is 2.55. The van der Waals surface area contributed by atoms with Gasteiger partial charge in [-0.25, -0.2) is 9.59 Å². The van der Waals surface area contributed by atoms with E-state index >= 15 is 0 Å². The molecule has 2 fully saturated rings. The van der Waals surface area contributed by atoms with Crippen LogP contribution in [-0.2, 0) is 21.0 Å². The number of halogens is 4. The maximum Gasteiger partial charge on any atom is 0.497 e. The number of hydroxylamine groups is 2. The van der Waals surface area contributed by atoms with Crippen molar-refractivity contribution in [3.8, 4) is 0 Å². The first-order chi connectivity index (χ1) is 19.6. The molecule has 0 bridgehead atoms. The number of carbonyl (C=O) groups is 3. The van der Waals surface area contributed by atoms with Gasteiger partial charge in [0.1, 0.15) is 13.1 Å². The molecule has 1 unspecified atom stereocenters. The molecule has 220 valence electrons. The van der Waals surface area contributed by atoms with Gasteiger partial charge in [-0.3, -0.25) is 9.63 Å². The van der Waals surface area contributed by atoms with Crippen molar-refractivity contribution >= 4 is 35.1 Å². The van der Waals surface area contributed by atoms with Crippen molar-refractivity contribution in [3.05, 3.63) is 64.7 Å². The van der Waals surface area contributed by atoms with Gasteiger partial charge in [0.05, 0.1) is 6.54 Å². The zero-order valence-corrected chi connectivity index (χ0v) is 23.5. The normalized spacial score (nSPS) is 22.8. The Hall–Kier alpha value is -2.95. The van der Waals surface area contributed by atoms with E-state index in [9.17, 15) is 27.6 Å². The maximum absolute atomic E-state index is 14.0. The van der Waals surface area contributed by atoms with E-state index in [0.717, 1.165) is 25.9 Å². The second-order valence-corrected chi connectivity index (χ2v) is 11.7. The van der Waals surface area contributed by atoms with Crippen molar-refractivity contribution in [2.24, 2.45) is 5.92 Å². The molecule has 1 atom stereocenters. The molecular formula is C30H34ClF3N3O4+. The molecule has 0 N–H and O–H groups in total. The number of rotatable bonds is 6. The molecule has 1 aliphatic carbocycles. The van der Waals surface area contributed by atoms with Crippen LogP contribution in [0, 0.1) is 5.92 Å². The van der Waals surface area contributed by atoms with Crippen molar-refractivity contribution in [3.63, 3.8) is 0 Å². The Morgan fingerprint density at radius 3 is 2.27 bits per heavy atom. The van der Waals surface area contributed by atoms with E-state index < -0.39 is 35.2 Å². The Morgan fingerprint density at radius 1 is 0.951 bits per heavy atom. The number of amides is 2. The van der Waals surface area contributed by atoms with Crippen LogP contribution in [0.5, 0.6) is 0 Å². The van der Waals surface area contributed by atoms with E-state index in [2.05, 4.69) is 4.90 Å². The summed E-state index contributed by atoms with van der Waals surface area (Å²) in [5.41, 5.74) is 0.859. The fourth-order valence-corrected chi connectivity index (χ4v) is 6.54. The van der Waals surface area contributed by atoms with E-state index in [1.807, 2.05) is 0 Å². The number of hydrogen-bond acceptors (Lipinski definition) is 5. The molecular weight excluding hydrogens is 559 g/mol. The number of para-hydroxylation sites is 1. The molecule has 7 nitrogen and oxygen atoms in total. The predicted molar refractivity (Wildman–Crippen MR) is 148 cm³/mol. The standard InChI is InChI=1S/C30H34ClF3N3O4/c31-24-11-9-22(10-12-24)28(39)36-19-23-5-1-4-8-26(23)37(27(38)20-36,41-29(40)30(32,33)34)18-15-21-13-16-35(17-14-21)25-6-2-3-7-25/h1,4-5,8-12,21,25H,2-3,6-7,13-20H2/q+1. The first-order valence-electron chi connectivity index (χ1n) is 14.2. The second kappa shape index (κ2) is 12.1. The van der Waals surface area contributed by atoms with Crippen LogP contribution in [0.1, 0.15) is 60.9 Å². The zero-order valence-electron chi connectivity index (χ0n) is 22.7. The monoisotopic (exact) mass is 592 g/mol. The summed E-state index contributed by atoms with van der Waals surface area (Å²) in [5, 5.41) is 0.433. The number of quaternary nitrogens is 1. The number of fused-ring (bicyclic) bond motifs is 1. The van der Waals surface area contributed by atoms with Gasteiger partial charge in [-0.1, -0.05) is 42.6 Å². The number of likely N-dealkylation sites (tertiary alicyclic amines) is 1. The van der Waals surface area contributed by atoms with Crippen LogP contribution in [0.2, 0.25) is 5.02 Å². The molecule has 0 aromatic heterocycles. The Balaban J connectivity index is 1.42. The van der Waals surface area contributed by atoms with Gasteiger partial charge in [0.25, 0.3) is 5.91 Å². The third kappa shape index (κ3) is 6.44. The Bertz CT molecular complexity index is 1270. The highest BCUT2D eigenvalue weighted by Crippen LogP contribution is 2.37. The summed E-state index contributed by atoms with van der Waals surface area (Å²) in [7, 11) is 0. The Morgan fingerprint density at radius 2 is 1.61 bits per heavy atom. The van der Waals surface area contributed by atoms with Gasteiger partial charge in [-0.15, -0.1) is 0 Å². The van der Waals surface area contributed by atoms with E-state index in [1.165, 1.54) is 48.8 Å². The molecule has 1 saturated carbocycles. The molecule has 2 heterocycles. The summed E-state index contributed by atoms with van der Waals surface area (Å²) in [6, 6.07) is 13.2. The van der Waals surface area contributed by atoms with Gasteiger partial charge >= 0.3 is 18.1 Å². The second-order valence-electron chi connectivity index (χ2n) is 11.2. The molecule has 1 saturated heterocycles. The lowest BCUT2D eigenvalue weighted by Gasteiger charge is -2.37. The van der Waals surface area contributed by atoms with Gasteiger partial charge in [-0.2, -0.15) is 13.2 Å². The van der Waals surface area contributed by atoms with Gasteiger partial charge < -0.3 is 9.80 Å². The third-order valence-electron chi connectivity index (χ3n) is 8.66. The van der Waals surface area contributed by atoms with Crippen LogP contribution in [0.3, 0.4) is 0 Å². The fraction of sp³-hybridized carbons (Fsp3) is 0.500. The van der Waals surface area contributed by atoms with Gasteiger partial charge in [0, 0.05) is 34.7 Å². The average Bonchev–Trinajstić information content (AvgIpc) is 3.46. The first kappa shape index (κ1) is 29.5. The van der Waals surface area contributed by atoms with Crippen LogP contribution in [-0.4, -0.2) is 66.0 Å². The lowest BCUT2D eigenvalue weighted by atomic mass is 9.92. The van der Waals surface area contributed by atoms with E-state index in [1.54, 1.807) is 30.3 Å². The number of piperidine rings is 1. The molecule has 41 heavy (non-hydrogen) atoms. The molecule has 2 aromatic carbocycles. The van der Waals surface area contributed by atoms with Crippen molar-refractivity contribution in [2.45, 2.75) is 63.7 Å². The quantitative estimate of drug-likeness (QED) is 0.391. The summed E-state index contributed by atoms with van der Waals surface area (Å²) in [5.74, 6) is -3.55. The third-order valence-corrected chi connectivity index (χ3v) is 8.91. The SMILES string of the molecule is O=C(c1ccc(Cl)cc1)N1CC(=O)[N+](CCC2CCN(C3CCCC3)CC2)(OC(=O)C(F)(F)F)c2ccccc2C1. The number of benzene rings is 2. The number of nitrogens with zero attached hydrogens (tertiary/aromatic N) is 3. The average molecular weight is 593 g/mol. The van der Waals surface area contributed by atoms with Crippen LogP contribution < -0.4 is 4.65 Å². The van der Waals surface area contributed by atoms with Crippen LogP contribution in [0.4, 0.5) is 18.9 Å². The molecule has 2 aromatic rings. The minimum atomic E-state index is -5.29. The number of alkyl halides is 3. The van der Waals surface area contributed by atoms with Gasteiger partial charge in [-0.05, 0) is 73.6 Å². The van der Waals surface area contributed by atoms with Gasteiger partial charge in [0.15, 0.2) is 5.69 Å². The van der Waals surface area contributed by atoms with Crippen LogP contribution >= 0.6 is 11.6 Å². The molecule has 2 amide bonds. The lowest BCUT2D eigenvalue weighted by Crippen LogP contribution is -2.60. The number of carbonyl (C=O) groups excluding carboxylic acids is 3. The van der Waals surface area contributed by atoms with E-state index in [0.29, 0.717) is 23.0 Å². The van der Waals surface area contributed by atoms with Gasteiger partial charge in [0.2, 0.25) is 0 Å². The smallest absolute Gasteiger partial charge is 0.320 e. The lowest BCUT2D eigenvalue weighted by molar-refractivity contribution is -0.234. The molecule has 5 rings (SSSR count). The predicted octanol–water partition coefficient (Wildman–Crippen LogP) is 5.90. The zero-order chi connectivity index (χ0) is 29.2. The summed E-state index contributed by atoms with van der Waals surface area (Å²) < 4.78 is 39.4. The van der Waals surface area contributed by atoms with Crippen molar-refractivity contribution in [1.82, 2.24) is 14.4 Å². The number of hydrogen-bond donors (Lipinski definition) is 0. The summed E-state index contributed by atoms with van der Waals surface area (Å²) in [6.07, 6.45) is 1.72.